The van der Waals surface area contributed by atoms with Crippen molar-refractivity contribution in [3.05, 3.63) is 59.1 Å². The van der Waals surface area contributed by atoms with Crippen LogP contribution in [-0.4, -0.2) is 24.1 Å². The van der Waals surface area contributed by atoms with Crippen LogP contribution in [0.1, 0.15) is 25.1 Å². The number of anilines is 1. The molecule has 6 heteroatoms. The molecule has 0 saturated carbocycles. The molecule has 0 bridgehead atoms. The van der Waals surface area contributed by atoms with Crippen LogP contribution in [0.4, 0.5) is 5.69 Å². The summed E-state index contributed by atoms with van der Waals surface area (Å²) in [6.45, 7) is 6.95. The Labute approximate surface area is 169 Å². The van der Waals surface area contributed by atoms with E-state index >= 15 is 0 Å². The number of nitrogens with zero attached hydrogens (tertiary/aromatic N) is 1. The Morgan fingerprint density at radius 2 is 1.82 bits per heavy atom. The second-order valence-electron chi connectivity index (χ2n) is 6.26. The number of aromatic nitrogens is 1. The molecule has 146 valence electrons. The highest BCUT2D eigenvalue weighted by Gasteiger charge is 2.13. The quantitative estimate of drug-likeness (QED) is 0.576. The van der Waals surface area contributed by atoms with Crippen molar-refractivity contribution < 1.29 is 14.3 Å². The number of hydrogen-bond acceptors (Lipinski definition) is 5. The number of benzene rings is 2. The predicted octanol–water partition coefficient (Wildman–Crippen LogP) is 5.10. The monoisotopic (exact) mass is 396 g/mol. The lowest BCUT2D eigenvalue weighted by Gasteiger charge is -2.13. The fourth-order valence-corrected chi connectivity index (χ4v) is 3.55. The van der Waals surface area contributed by atoms with E-state index < -0.39 is 0 Å². The fraction of sp³-hybridized carbons (Fsp3) is 0.273. The first-order chi connectivity index (χ1) is 13.6. The van der Waals surface area contributed by atoms with Gasteiger partial charge in [0.25, 0.3) is 0 Å². The lowest BCUT2D eigenvalue weighted by atomic mass is 10.2. The number of nitrogens with one attached hydrogen (secondary N) is 1. The molecule has 0 unspecified atom stereocenters. The van der Waals surface area contributed by atoms with E-state index in [1.807, 2.05) is 43.5 Å². The average Bonchev–Trinajstić information content (AvgIpc) is 3.13. The molecular formula is C22H24N2O3S. The smallest absolute Gasteiger partial charge is 0.230 e. The van der Waals surface area contributed by atoms with Gasteiger partial charge in [-0.15, -0.1) is 11.3 Å². The van der Waals surface area contributed by atoms with Crippen LogP contribution >= 0.6 is 11.3 Å². The number of ether oxygens (including phenoxy) is 2. The van der Waals surface area contributed by atoms with Gasteiger partial charge in [0.2, 0.25) is 5.91 Å². The molecule has 1 N–H and O–H groups in total. The van der Waals surface area contributed by atoms with E-state index in [1.165, 1.54) is 5.56 Å². The molecule has 0 atom stereocenters. The van der Waals surface area contributed by atoms with Crippen LogP contribution in [0.25, 0.3) is 10.6 Å². The molecule has 1 aromatic heterocycles. The van der Waals surface area contributed by atoms with E-state index in [4.69, 9.17) is 9.47 Å². The van der Waals surface area contributed by atoms with Crippen LogP contribution in [0.5, 0.6) is 11.5 Å². The Morgan fingerprint density at radius 3 is 2.54 bits per heavy atom. The van der Waals surface area contributed by atoms with Crippen molar-refractivity contribution in [1.29, 1.82) is 0 Å². The molecular weight excluding hydrogens is 372 g/mol. The van der Waals surface area contributed by atoms with Crippen molar-refractivity contribution in [3.63, 3.8) is 0 Å². The highest BCUT2D eigenvalue weighted by Crippen LogP contribution is 2.30. The molecule has 2 aromatic carbocycles. The van der Waals surface area contributed by atoms with Crippen molar-refractivity contribution in [2.75, 3.05) is 18.5 Å². The number of thiazole rings is 1. The van der Waals surface area contributed by atoms with Crippen molar-refractivity contribution in [2.45, 2.75) is 27.2 Å². The van der Waals surface area contributed by atoms with Crippen LogP contribution in [0.3, 0.4) is 0 Å². The van der Waals surface area contributed by atoms with Gasteiger partial charge < -0.3 is 14.8 Å². The van der Waals surface area contributed by atoms with Crippen molar-refractivity contribution in [3.8, 4) is 22.1 Å². The van der Waals surface area contributed by atoms with Crippen LogP contribution in [0, 0.1) is 6.92 Å². The summed E-state index contributed by atoms with van der Waals surface area (Å²) in [6, 6.07) is 13.6. The number of hydrogen-bond donors (Lipinski definition) is 1. The maximum atomic E-state index is 12.6. The summed E-state index contributed by atoms with van der Waals surface area (Å²) in [5.74, 6) is 1.17. The van der Waals surface area contributed by atoms with Crippen LogP contribution < -0.4 is 14.8 Å². The van der Waals surface area contributed by atoms with E-state index in [1.54, 1.807) is 17.4 Å². The van der Waals surface area contributed by atoms with Gasteiger partial charge in [0.15, 0.2) is 0 Å². The van der Waals surface area contributed by atoms with E-state index in [9.17, 15) is 4.79 Å². The first kappa shape index (κ1) is 19.9. The van der Waals surface area contributed by atoms with E-state index in [2.05, 4.69) is 29.4 Å². The Kier molecular flexibility index (Phi) is 6.66. The van der Waals surface area contributed by atoms with Gasteiger partial charge in [-0.1, -0.05) is 29.8 Å². The van der Waals surface area contributed by atoms with Gasteiger partial charge in [-0.2, -0.15) is 0 Å². The molecule has 0 radical (unpaired) electrons. The van der Waals surface area contributed by atoms with Gasteiger partial charge in [0.1, 0.15) is 16.5 Å². The summed E-state index contributed by atoms with van der Waals surface area (Å²) in [7, 11) is 0. The van der Waals surface area contributed by atoms with Gasteiger partial charge in [-0.3, -0.25) is 4.79 Å². The maximum Gasteiger partial charge on any atom is 0.230 e. The molecule has 5 nitrogen and oxygen atoms in total. The minimum absolute atomic E-state index is 0.143. The Morgan fingerprint density at radius 1 is 1.07 bits per heavy atom. The largest absolute Gasteiger partial charge is 0.494 e. The summed E-state index contributed by atoms with van der Waals surface area (Å²) < 4.78 is 11.1. The first-order valence-corrected chi connectivity index (χ1v) is 10.2. The number of carbonyl (C=O) groups excluding carboxylic acids is 1. The molecule has 28 heavy (non-hydrogen) atoms. The minimum atomic E-state index is -0.143. The summed E-state index contributed by atoms with van der Waals surface area (Å²) in [4.78, 5) is 17.2. The molecule has 0 aliphatic rings. The molecule has 3 rings (SSSR count). The SMILES string of the molecule is CCOc1ccc(OCC)c(NC(=O)Cc2csc(-c3ccc(C)cc3)n2)c1. The number of aryl methyl sites for hydroxylation is 1. The third kappa shape index (κ3) is 5.10. The zero-order valence-corrected chi connectivity index (χ0v) is 17.1. The first-order valence-electron chi connectivity index (χ1n) is 9.30. The zero-order valence-electron chi connectivity index (χ0n) is 16.3. The molecule has 0 fully saturated rings. The second kappa shape index (κ2) is 9.37. The van der Waals surface area contributed by atoms with E-state index in [0.717, 1.165) is 16.3 Å². The number of carbonyl (C=O) groups is 1. The van der Waals surface area contributed by atoms with Crippen molar-refractivity contribution >= 4 is 22.9 Å². The Bertz CT molecular complexity index is 935. The van der Waals surface area contributed by atoms with Gasteiger partial charge in [0.05, 0.1) is 31.0 Å². The molecule has 0 spiro atoms. The predicted molar refractivity (Wildman–Crippen MR) is 113 cm³/mol. The summed E-state index contributed by atoms with van der Waals surface area (Å²) in [6.07, 6.45) is 0.201. The average molecular weight is 397 g/mol. The van der Waals surface area contributed by atoms with Crippen molar-refractivity contribution in [2.24, 2.45) is 0 Å². The highest BCUT2D eigenvalue weighted by molar-refractivity contribution is 7.13. The third-order valence-electron chi connectivity index (χ3n) is 4.03. The highest BCUT2D eigenvalue weighted by atomic mass is 32.1. The van der Waals surface area contributed by atoms with Crippen molar-refractivity contribution in [1.82, 2.24) is 4.98 Å². The fourth-order valence-electron chi connectivity index (χ4n) is 2.72. The lowest BCUT2D eigenvalue weighted by Crippen LogP contribution is -2.15. The number of rotatable bonds is 8. The molecule has 0 aliphatic heterocycles. The van der Waals surface area contributed by atoms with E-state index in [0.29, 0.717) is 30.4 Å². The summed E-state index contributed by atoms with van der Waals surface area (Å²) in [5.41, 5.74) is 3.62. The van der Waals surface area contributed by atoms with E-state index in [-0.39, 0.29) is 12.3 Å². The lowest BCUT2D eigenvalue weighted by molar-refractivity contribution is -0.115. The summed E-state index contributed by atoms with van der Waals surface area (Å²) in [5, 5.41) is 5.76. The molecule has 0 saturated heterocycles. The van der Waals surface area contributed by atoms with Gasteiger partial charge in [-0.05, 0) is 32.9 Å². The normalized spacial score (nSPS) is 10.5. The van der Waals surface area contributed by atoms with Crippen LogP contribution in [0.15, 0.2) is 47.8 Å². The minimum Gasteiger partial charge on any atom is -0.494 e. The standard InChI is InChI=1S/C22H24N2O3S/c1-4-26-18-10-11-20(27-5-2)19(13-18)24-21(25)12-17-14-28-22(23-17)16-8-6-15(3)7-9-16/h6-11,13-14H,4-5,12H2,1-3H3,(H,24,25). The molecule has 3 aromatic rings. The Balaban J connectivity index is 1.70. The zero-order chi connectivity index (χ0) is 19.9. The summed E-state index contributed by atoms with van der Waals surface area (Å²) >= 11 is 1.54. The topological polar surface area (TPSA) is 60.5 Å². The van der Waals surface area contributed by atoms with Gasteiger partial charge in [0, 0.05) is 17.0 Å². The second-order valence-corrected chi connectivity index (χ2v) is 7.12. The number of amides is 1. The van der Waals surface area contributed by atoms with Crippen LogP contribution in [-0.2, 0) is 11.2 Å². The molecule has 1 amide bonds. The maximum absolute atomic E-state index is 12.6. The van der Waals surface area contributed by atoms with Gasteiger partial charge >= 0.3 is 0 Å². The van der Waals surface area contributed by atoms with Crippen LogP contribution in [0.2, 0.25) is 0 Å². The Hall–Kier alpha value is -2.86. The third-order valence-corrected chi connectivity index (χ3v) is 4.97. The van der Waals surface area contributed by atoms with Gasteiger partial charge in [-0.25, -0.2) is 4.98 Å². The molecule has 0 aliphatic carbocycles. The molecule has 1 heterocycles.